The minimum absolute atomic E-state index is 0. The summed E-state index contributed by atoms with van der Waals surface area (Å²) in [6.45, 7) is 5.42. The van der Waals surface area contributed by atoms with Gasteiger partial charge in [-0.05, 0) is 159 Å². The Balaban J connectivity index is 0.0000151. The fourth-order valence-corrected chi connectivity index (χ4v) is 18.1. The molecule has 8 aliphatic rings. The first-order valence-electron chi connectivity index (χ1n) is 40.8. The Labute approximate surface area is 749 Å². The number of primary amides is 1. The third-order valence-electron chi connectivity index (χ3n) is 23.4. The predicted molar refractivity (Wildman–Crippen MR) is 452 cm³/mol. The highest BCUT2D eigenvalue weighted by atomic mass is 35.5. The number of thiophene rings is 1. The monoisotopic (exact) mass is 1860 g/mol. The van der Waals surface area contributed by atoms with Crippen LogP contribution in [0.25, 0.3) is 21.6 Å². The highest BCUT2D eigenvalue weighted by molar-refractivity contribution is 7.15. The number of hydrogen-bond donors (Lipinski definition) is 19. The van der Waals surface area contributed by atoms with Crippen LogP contribution in [0.5, 0.6) is 46.0 Å². The molecule has 0 saturated carbocycles. The van der Waals surface area contributed by atoms with E-state index in [2.05, 4.69) is 26.6 Å². The SMILES string of the molecule is C.CN[C@H](CC(C)C)C(=O)NC1C(=O)C[C@H](CC(N)=O)C(=O)N[C@H]2C(=O)C[C@@H]3C(=O)N[C@H](C(=O)N[C@H](C(=O)O)c4cc(O)cc(O)c4-c4cc3ccc4O)[C@H](OC3C[C@](C)(N)[C@@H](O)[C@H](C)O3)c3ccc(c(Cl)c3)Oc3cc2cc(c3O[C@@H]2O[C@H](CO)[C@@H](O[C@@H]3O[C@H](CCCc4ccc(-c5ccc(C(F)(F)F)cc5)s4)[C@H](O)[C@H](O)[C@H]3O)[C@H](O)[C@H]2O)Oc2ccc(cc2Cl)[C@H]1O. The molecule has 11 bridgehead atoms. The summed E-state index contributed by atoms with van der Waals surface area (Å²) in [5, 5.41) is 152. The number of rotatable bonds is 20. The van der Waals surface area contributed by atoms with Crippen LogP contribution in [0, 0.1) is 11.8 Å². The molecule has 0 aliphatic carbocycles. The van der Waals surface area contributed by atoms with E-state index in [0.29, 0.717) is 16.9 Å². The van der Waals surface area contributed by atoms with Crippen LogP contribution in [-0.4, -0.2) is 226 Å². The van der Waals surface area contributed by atoms with Crippen LogP contribution in [0.2, 0.25) is 10.0 Å². The highest BCUT2D eigenvalue weighted by Gasteiger charge is 2.53. The first-order chi connectivity index (χ1) is 60.5. The van der Waals surface area contributed by atoms with E-state index in [1.807, 2.05) is 13.8 Å². The van der Waals surface area contributed by atoms with Gasteiger partial charge in [-0.25, -0.2) is 4.79 Å². The fraction of sp³-hybridized carbons (Fsp3) is 0.455. The van der Waals surface area contributed by atoms with E-state index in [1.54, 1.807) is 12.1 Å². The number of alkyl halides is 3. The first-order valence-corrected chi connectivity index (χ1v) is 42.4. The molecule has 8 aliphatic heterocycles. The van der Waals surface area contributed by atoms with Crippen LogP contribution >= 0.6 is 34.5 Å². The van der Waals surface area contributed by atoms with Gasteiger partial charge in [0.05, 0.1) is 58.4 Å². The van der Waals surface area contributed by atoms with Crippen molar-refractivity contribution in [3.05, 3.63) is 164 Å². The molecule has 35 nitrogen and oxygen atoms in total. The number of likely N-dealkylation sites (N-methyl/N-ethyl adjacent to an activating group) is 1. The van der Waals surface area contributed by atoms with Crippen molar-refractivity contribution in [2.24, 2.45) is 23.3 Å². The Hall–Kier alpha value is -10.3. The van der Waals surface area contributed by atoms with Crippen molar-refractivity contribution in [1.29, 1.82) is 0 Å². The van der Waals surface area contributed by atoms with Gasteiger partial charge in [0.2, 0.25) is 41.6 Å². The van der Waals surface area contributed by atoms with Crippen molar-refractivity contribution in [2.45, 2.75) is 226 Å². The molecule has 9 heterocycles. The van der Waals surface area contributed by atoms with Crippen molar-refractivity contribution in [2.75, 3.05) is 13.7 Å². The lowest BCUT2D eigenvalue weighted by Crippen LogP contribution is -2.64. The maximum absolute atomic E-state index is 16.6. The number of halogens is 5. The minimum atomic E-state index is -4.55. The number of hydrogen-bond acceptors (Lipinski definition) is 30. The standard InChI is InChI=1S/C87H96Cl2F3N7O28S.CH4/c1-34(2)21-50(95-5)81(116)98-67-53(104)25-41(28-62(93)106)79(114)96-65-40-26-58(121-55-18-12-38(69(67)107)23-48(55)88)76(126-85-74(112)72(110)77(60(33-100)124-85)127-84-73(111)71(109)70(108)57(123-84)8-6-7-44-16-20-61(128-44)36-9-14-42(15-10-36)87(90,91)92)59(27-40)122-56-19-13-39(24-49(56)89)75(125-63-32-86(4,94)78(113)35(3)120-63)68-82(117)97-66(83(118)119)47-29-43(101)30-52(103)64(47)46-22-37(11-17-51(46)102)45(31-54(65)105)80(115)99-68;/h9-20,22-24,26-27,29-30,34-35,41,45,50,57,60,63,65-75,77-78,84-85,95,100-103,107-113H,6-8,21,25,28,31-33,94H2,1-5H3,(H2,93,106)(H,96,114)(H,97,117)(H,98,116)(H,99,115)(H,118,119);1H4/t35-,41+,45-,50+,57+,60+,63?,65+,66-,67?,68-,69+,70-,71-,72+,73+,74+,75+,77+,78-,84-,85-,86-;/m0./s1. The second kappa shape index (κ2) is 40.2. The van der Waals surface area contributed by atoms with Gasteiger partial charge in [0.25, 0.3) is 0 Å². The van der Waals surface area contributed by atoms with Crippen LogP contribution < -0.4 is 52.3 Å². The van der Waals surface area contributed by atoms with Crippen LogP contribution in [0.3, 0.4) is 0 Å². The number of nitrogens with one attached hydrogen (secondary N) is 5. The predicted octanol–water partition coefficient (Wildman–Crippen LogP) is 6.32. The molecule has 6 aromatic carbocycles. The van der Waals surface area contributed by atoms with Gasteiger partial charge in [-0.2, -0.15) is 13.2 Å². The van der Waals surface area contributed by atoms with Crippen molar-refractivity contribution < 1.29 is 151 Å². The third-order valence-corrected chi connectivity index (χ3v) is 25.1. The Morgan fingerprint density at radius 3 is 1.96 bits per heavy atom. The molecule has 23 atom stereocenters. The second-order valence-corrected chi connectivity index (χ2v) is 35.1. The first kappa shape index (κ1) is 97.8. The molecule has 7 aromatic rings. The molecule has 3 saturated heterocycles. The maximum Gasteiger partial charge on any atom is 0.416 e. The Kier molecular flexibility index (Phi) is 30.5. The zero-order valence-electron chi connectivity index (χ0n) is 69.0. The molecule has 0 spiro atoms. The third kappa shape index (κ3) is 21.5. The number of phenolic OH excluding ortho intramolecular Hbond substituents is 3. The maximum atomic E-state index is 16.6. The zero-order valence-corrected chi connectivity index (χ0v) is 71.3. The summed E-state index contributed by atoms with van der Waals surface area (Å²) in [6, 6.07) is 12.2. The number of aliphatic hydroxyl groups excluding tert-OH is 8. The van der Waals surface area contributed by atoms with Gasteiger partial charge in [-0.1, -0.05) is 74.8 Å². The zero-order chi connectivity index (χ0) is 92.7. The van der Waals surface area contributed by atoms with Gasteiger partial charge < -0.3 is 137 Å². The molecule has 15 rings (SSSR count). The number of aromatic hydroxyl groups is 3. The van der Waals surface area contributed by atoms with Crippen molar-refractivity contribution in [1.82, 2.24) is 26.6 Å². The molecule has 3 fully saturated rings. The molecule has 696 valence electrons. The Bertz CT molecular complexity index is 5340. The lowest BCUT2D eigenvalue weighted by molar-refractivity contribution is -0.351. The van der Waals surface area contributed by atoms with E-state index < -0.39 is 303 Å². The van der Waals surface area contributed by atoms with E-state index in [9.17, 15) is 88.8 Å². The van der Waals surface area contributed by atoms with Gasteiger partial charge in [-0.15, -0.1) is 11.3 Å². The quantitative estimate of drug-likeness (QED) is 0.0397. The van der Waals surface area contributed by atoms with Crippen molar-refractivity contribution in [3.8, 4) is 67.6 Å². The summed E-state index contributed by atoms with van der Waals surface area (Å²) in [5.41, 5.74) is 8.04. The van der Waals surface area contributed by atoms with Crippen LogP contribution in [-0.2, 0) is 74.6 Å². The smallest absolute Gasteiger partial charge is 0.416 e. The number of carbonyl (C=O) groups is 8. The number of ether oxygens (including phenoxy) is 8. The average molecular weight is 1860 g/mol. The van der Waals surface area contributed by atoms with E-state index in [-0.39, 0.29) is 55.7 Å². The Morgan fingerprint density at radius 2 is 1.34 bits per heavy atom. The van der Waals surface area contributed by atoms with E-state index >= 15 is 24.0 Å². The largest absolute Gasteiger partial charge is 0.508 e. The molecule has 21 N–H and O–H groups in total. The van der Waals surface area contributed by atoms with Gasteiger partial charge in [-0.3, -0.25) is 33.6 Å². The van der Waals surface area contributed by atoms with Gasteiger partial charge in [0, 0.05) is 63.7 Å². The molecule has 2 unspecified atom stereocenters. The summed E-state index contributed by atoms with van der Waals surface area (Å²) in [5.74, 6) is -19.6. The number of carboxylic acid groups (broad SMARTS) is 1. The second-order valence-electron chi connectivity index (χ2n) is 33.2. The van der Waals surface area contributed by atoms with Crippen LogP contribution in [0.15, 0.2) is 115 Å². The van der Waals surface area contributed by atoms with E-state index in [0.717, 1.165) is 77.7 Å². The lowest BCUT2D eigenvalue weighted by atomic mass is 9.84. The molecule has 1 aromatic heterocycles. The normalized spacial score (nSPS) is 29.4. The number of fused-ring (bicyclic) bond motifs is 15. The summed E-state index contributed by atoms with van der Waals surface area (Å²) in [7, 11) is 1.47. The number of aliphatic hydroxyl groups is 8. The average Bonchev–Trinajstić information content (AvgIpc) is 1.52. The van der Waals surface area contributed by atoms with Crippen LogP contribution in [0.4, 0.5) is 13.2 Å². The molecule has 41 heteroatoms. The summed E-state index contributed by atoms with van der Waals surface area (Å²) in [6.07, 6.45) is -35.3. The van der Waals surface area contributed by atoms with E-state index in [4.69, 9.17) is 72.6 Å². The number of nitrogens with two attached hydrogens (primary N) is 2. The number of aryl methyl sites for hydroxylation is 1. The summed E-state index contributed by atoms with van der Waals surface area (Å²) >= 11 is 15.8. The number of carboxylic acids is 1. The molecular weight excluding hydrogens is 1760 g/mol. The fourth-order valence-electron chi connectivity index (χ4n) is 16.6. The van der Waals surface area contributed by atoms with Crippen molar-refractivity contribution in [3.63, 3.8) is 0 Å². The molecule has 5 amide bonds. The Morgan fingerprint density at radius 1 is 0.698 bits per heavy atom. The van der Waals surface area contributed by atoms with Gasteiger partial charge in [0.15, 0.2) is 41.7 Å². The molecule has 129 heavy (non-hydrogen) atoms. The van der Waals surface area contributed by atoms with Crippen LogP contribution in [0.1, 0.15) is 149 Å². The van der Waals surface area contributed by atoms with E-state index in [1.165, 1.54) is 62.6 Å². The minimum Gasteiger partial charge on any atom is -0.508 e. The molecule has 0 radical (unpaired) electrons. The van der Waals surface area contributed by atoms with Gasteiger partial charge in [0.1, 0.15) is 102 Å². The number of Topliss-reactive ketones (excluding diaryl/α,β-unsaturated/α-hetero) is 2. The summed E-state index contributed by atoms with van der Waals surface area (Å²) in [4.78, 5) is 122. The van der Waals surface area contributed by atoms with Gasteiger partial charge >= 0.3 is 12.1 Å². The highest BCUT2D eigenvalue weighted by Crippen LogP contribution is 2.51. The number of ketones is 2. The topological polar surface area (TPSA) is 565 Å². The summed E-state index contributed by atoms with van der Waals surface area (Å²) < 4.78 is 91.4. The number of phenols is 3. The number of aliphatic carboxylic acids is 1. The lowest BCUT2D eigenvalue weighted by Gasteiger charge is -2.46. The number of amides is 5. The number of carbonyl (C=O) groups excluding carboxylic acids is 7. The molecular formula is C88H100Cl2F3N7O28S. The van der Waals surface area contributed by atoms with Crippen molar-refractivity contribution >= 4 is 81.6 Å². The number of benzene rings is 6.